The Morgan fingerprint density at radius 2 is 1.54 bits per heavy atom. The van der Waals surface area contributed by atoms with Gasteiger partial charge in [0.05, 0.1) is 0 Å². The molecule has 0 bridgehead atoms. The van der Waals surface area contributed by atoms with Crippen LogP contribution in [0.2, 0.25) is 0 Å². The number of rotatable bonds is 6. The molecular weight excluding hydrogens is 320 g/mol. The van der Waals surface area contributed by atoms with Crippen molar-refractivity contribution >= 4 is 0 Å². The third-order valence-corrected chi connectivity index (χ3v) is 4.11. The van der Waals surface area contributed by atoms with Gasteiger partial charge >= 0.3 is 0 Å². The Bertz CT molecular complexity index is 885. The number of ether oxygens (including phenoxy) is 2. The SMILES string of the molecule is C#Cc1ccc(COc2cccc(Oc3ccc(C(C)C)cc3)c2)cc1. The summed E-state index contributed by atoms with van der Waals surface area (Å²) in [5, 5.41) is 0. The van der Waals surface area contributed by atoms with Crippen molar-refractivity contribution in [3.63, 3.8) is 0 Å². The number of hydrogen-bond acceptors (Lipinski definition) is 2. The molecule has 2 heteroatoms. The van der Waals surface area contributed by atoms with Gasteiger partial charge in [0.1, 0.15) is 23.9 Å². The Labute approximate surface area is 155 Å². The first-order chi connectivity index (χ1) is 12.6. The largest absolute Gasteiger partial charge is 0.489 e. The molecule has 0 N–H and O–H groups in total. The fraction of sp³-hybridized carbons (Fsp3) is 0.167. The minimum atomic E-state index is 0.484. The fourth-order valence-corrected chi connectivity index (χ4v) is 2.55. The maximum atomic E-state index is 5.93. The van der Waals surface area contributed by atoms with Crippen LogP contribution in [-0.2, 0) is 6.61 Å². The quantitative estimate of drug-likeness (QED) is 0.499. The normalized spacial score (nSPS) is 10.4. The van der Waals surface area contributed by atoms with Gasteiger partial charge < -0.3 is 9.47 Å². The molecule has 0 amide bonds. The number of hydrogen-bond donors (Lipinski definition) is 0. The third-order valence-electron chi connectivity index (χ3n) is 4.11. The zero-order valence-electron chi connectivity index (χ0n) is 15.1. The molecule has 0 aliphatic rings. The molecule has 0 radical (unpaired) electrons. The molecule has 3 aromatic rings. The molecule has 2 nitrogen and oxygen atoms in total. The van der Waals surface area contributed by atoms with E-state index in [1.165, 1.54) is 5.56 Å². The summed E-state index contributed by atoms with van der Waals surface area (Å²) < 4.78 is 11.8. The predicted molar refractivity (Wildman–Crippen MR) is 106 cm³/mol. The average molecular weight is 342 g/mol. The molecule has 0 aliphatic carbocycles. The van der Waals surface area contributed by atoms with Gasteiger partial charge in [-0.15, -0.1) is 6.42 Å². The molecule has 3 aromatic carbocycles. The van der Waals surface area contributed by atoms with E-state index in [0.717, 1.165) is 28.4 Å². The van der Waals surface area contributed by atoms with Gasteiger partial charge in [-0.3, -0.25) is 0 Å². The van der Waals surface area contributed by atoms with Crippen molar-refractivity contribution in [1.29, 1.82) is 0 Å². The van der Waals surface area contributed by atoms with E-state index < -0.39 is 0 Å². The van der Waals surface area contributed by atoms with Crippen LogP contribution in [0.3, 0.4) is 0 Å². The number of terminal acetylenes is 1. The summed E-state index contributed by atoms with van der Waals surface area (Å²) in [6.45, 7) is 4.84. The second-order valence-corrected chi connectivity index (χ2v) is 6.43. The summed E-state index contributed by atoms with van der Waals surface area (Å²) in [5.74, 6) is 5.45. The Balaban J connectivity index is 1.63. The van der Waals surface area contributed by atoms with Crippen LogP contribution in [-0.4, -0.2) is 0 Å². The molecule has 0 spiro atoms. The Kier molecular flexibility index (Phi) is 5.61. The predicted octanol–water partition coefficient (Wildman–Crippen LogP) is 6.16. The molecule has 26 heavy (non-hydrogen) atoms. The molecule has 0 atom stereocenters. The zero-order valence-corrected chi connectivity index (χ0v) is 15.1. The highest BCUT2D eigenvalue weighted by molar-refractivity contribution is 5.38. The number of benzene rings is 3. The minimum Gasteiger partial charge on any atom is -0.489 e. The first-order valence-electron chi connectivity index (χ1n) is 8.70. The smallest absolute Gasteiger partial charge is 0.131 e. The van der Waals surface area contributed by atoms with Crippen LogP contribution in [0.25, 0.3) is 0 Å². The van der Waals surface area contributed by atoms with Gasteiger partial charge in [0.25, 0.3) is 0 Å². The van der Waals surface area contributed by atoms with E-state index in [1.807, 2.05) is 60.7 Å². The van der Waals surface area contributed by atoms with Crippen molar-refractivity contribution in [2.45, 2.75) is 26.4 Å². The van der Waals surface area contributed by atoms with Crippen molar-refractivity contribution in [1.82, 2.24) is 0 Å². The Morgan fingerprint density at radius 1 is 0.846 bits per heavy atom. The van der Waals surface area contributed by atoms with Gasteiger partial charge in [-0.1, -0.05) is 50.1 Å². The lowest BCUT2D eigenvalue weighted by Crippen LogP contribution is -1.95. The van der Waals surface area contributed by atoms with Crippen LogP contribution in [0.4, 0.5) is 0 Å². The highest BCUT2D eigenvalue weighted by Gasteiger charge is 2.03. The van der Waals surface area contributed by atoms with E-state index in [4.69, 9.17) is 15.9 Å². The van der Waals surface area contributed by atoms with Crippen LogP contribution >= 0.6 is 0 Å². The molecule has 0 heterocycles. The maximum absolute atomic E-state index is 5.93. The second-order valence-electron chi connectivity index (χ2n) is 6.43. The average Bonchev–Trinajstić information content (AvgIpc) is 2.67. The van der Waals surface area contributed by atoms with Crippen molar-refractivity contribution in [2.24, 2.45) is 0 Å². The maximum Gasteiger partial charge on any atom is 0.131 e. The molecule has 0 saturated heterocycles. The lowest BCUT2D eigenvalue weighted by molar-refractivity contribution is 0.304. The summed E-state index contributed by atoms with van der Waals surface area (Å²) in [6.07, 6.45) is 5.37. The van der Waals surface area contributed by atoms with Crippen molar-refractivity contribution in [3.05, 3.63) is 89.5 Å². The molecule has 0 aliphatic heterocycles. The highest BCUT2D eigenvalue weighted by Crippen LogP contribution is 2.27. The van der Waals surface area contributed by atoms with Crippen LogP contribution < -0.4 is 9.47 Å². The summed E-state index contributed by atoms with van der Waals surface area (Å²) in [7, 11) is 0. The minimum absolute atomic E-state index is 0.484. The van der Waals surface area contributed by atoms with Crippen molar-refractivity contribution < 1.29 is 9.47 Å². The second kappa shape index (κ2) is 8.27. The van der Waals surface area contributed by atoms with Gasteiger partial charge in [0.15, 0.2) is 0 Å². The molecule has 3 rings (SSSR count). The van der Waals surface area contributed by atoms with E-state index in [-0.39, 0.29) is 0 Å². The van der Waals surface area contributed by atoms with Crippen molar-refractivity contribution in [2.75, 3.05) is 0 Å². The van der Waals surface area contributed by atoms with Crippen LogP contribution in [0.5, 0.6) is 17.2 Å². The first kappa shape index (κ1) is 17.6. The molecule has 130 valence electrons. The van der Waals surface area contributed by atoms with E-state index >= 15 is 0 Å². The summed E-state index contributed by atoms with van der Waals surface area (Å²) in [6, 6.07) is 23.6. The van der Waals surface area contributed by atoms with Gasteiger partial charge in [-0.05, 0) is 53.4 Å². The van der Waals surface area contributed by atoms with Gasteiger partial charge in [0.2, 0.25) is 0 Å². The zero-order chi connectivity index (χ0) is 18.4. The summed E-state index contributed by atoms with van der Waals surface area (Å²) >= 11 is 0. The third kappa shape index (κ3) is 4.68. The molecule has 0 saturated carbocycles. The lowest BCUT2D eigenvalue weighted by atomic mass is 10.0. The molecule has 0 unspecified atom stereocenters. The lowest BCUT2D eigenvalue weighted by Gasteiger charge is -2.11. The van der Waals surface area contributed by atoms with Crippen LogP contribution in [0.15, 0.2) is 72.8 Å². The standard InChI is InChI=1S/C24H22O2/c1-4-19-8-10-20(11-9-19)17-25-23-6-5-7-24(16-23)26-22-14-12-21(13-15-22)18(2)3/h1,5-16,18H,17H2,2-3H3. The van der Waals surface area contributed by atoms with E-state index in [1.54, 1.807) is 0 Å². The molecule has 0 fully saturated rings. The van der Waals surface area contributed by atoms with Gasteiger partial charge in [0, 0.05) is 11.6 Å². The molecule has 0 aromatic heterocycles. The fourth-order valence-electron chi connectivity index (χ4n) is 2.55. The Hall–Kier alpha value is -3.18. The van der Waals surface area contributed by atoms with E-state index in [0.29, 0.717) is 12.5 Å². The van der Waals surface area contributed by atoms with Gasteiger partial charge in [-0.2, -0.15) is 0 Å². The topological polar surface area (TPSA) is 18.5 Å². The van der Waals surface area contributed by atoms with Crippen LogP contribution in [0.1, 0.15) is 36.5 Å². The van der Waals surface area contributed by atoms with Gasteiger partial charge in [-0.25, -0.2) is 0 Å². The monoisotopic (exact) mass is 342 g/mol. The highest BCUT2D eigenvalue weighted by atomic mass is 16.5. The summed E-state index contributed by atoms with van der Waals surface area (Å²) in [4.78, 5) is 0. The van der Waals surface area contributed by atoms with Crippen LogP contribution in [0, 0.1) is 12.3 Å². The van der Waals surface area contributed by atoms with Crippen molar-refractivity contribution in [3.8, 4) is 29.6 Å². The van der Waals surface area contributed by atoms with E-state index in [2.05, 4.69) is 31.9 Å². The van der Waals surface area contributed by atoms with E-state index in [9.17, 15) is 0 Å². The Morgan fingerprint density at radius 3 is 2.19 bits per heavy atom. The molecular formula is C24H22O2. The summed E-state index contributed by atoms with van der Waals surface area (Å²) in [5.41, 5.74) is 3.23. The first-order valence-corrected chi connectivity index (χ1v) is 8.70.